The highest BCUT2D eigenvalue weighted by Gasteiger charge is 2.27. The van der Waals surface area contributed by atoms with E-state index in [9.17, 15) is 18.0 Å². The Morgan fingerprint density at radius 1 is 1.29 bits per heavy atom. The van der Waals surface area contributed by atoms with Gasteiger partial charge in [0.15, 0.2) is 9.84 Å². The van der Waals surface area contributed by atoms with Gasteiger partial charge in [0.05, 0.1) is 21.6 Å². The predicted octanol–water partition coefficient (Wildman–Crippen LogP) is 3.02. The lowest BCUT2D eigenvalue weighted by molar-refractivity contribution is -0.116. The van der Waals surface area contributed by atoms with Gasteiger partial charge in [0.2, 0.25) is 11.8 Å². The molecule has 2 heterocycles. The molecule has 1 atom stereocenters. The molecule has 0 bridgehead atoms. The van der Waals surface area contributed by atoms with E-state index in [2.05, 4.69) is 15.6 Å². The van der Waals surface area contributed by atoms with E-state index >= 15 is 0 Å². The molecule has 28 heavy (non-hydrogen) atoms. The minimum Gasteiger partial charge on any atom is -0.324 e. The molecule has 0 fully saturated rings. The first-order chi connectivity index (χ1) is 13.3. The van der Waals surface area contributed by atoms with E-state index < -0.39 is 15.7 Å². The number of hydrogen-bond acceptors (Lipinski definition) is 6. The molecule has 9 heteroatoms. The lowest BCUT2D eigenvalue weighted by Gasteiger charge is -2.23. The number of carbonyl (C=O) groups is 2. The van der Waals surface area contributed by atoms with E-state index in [0.29, 0.717) is 17.9 Å². The summed E-state index contributed by atoms with van der Waals surface area (Å²) in [6.07, 6.45) is 0.483. The van der Waals surface area contributed by atoms with Crippen LogP contribution in [0.15, 0.2) is 46.2 Å². The third-order valence-corrected chi connectivity index (χ3v) is 7.39. The van der Waals surface area contributed by atoms with Crippen LogP contribution in [0.2, 0.25) is 0 Å². The van der Waals surface area contributed by atoms with Crippen LogP contribution < -0.4 is 10.6 Å². The number of aromatic nitrogens is 1. The van der Waals surface area contributed by atoms with Crippen molar-refractivity contribution in [2.24, 2.45) is 0 Å². The molecule has 1 unspecified atom stereocenters. The van der Waals surface area contributed by atoms with Crippen LogP contribution in [0.5, 0.6) is 0 Å². The van der Waals surface area contributed by atoms with Crippen LogP contribution in [0, 0.1) is 6.92 Å². The molecule has 1 aliphatic heterocycles. The average Bonchev–Trinajstić information content (AvgIpc) is 2.65. The maximum atomic E-state index is 12.7. The number of benzene rings is 1. The van der Waals surface area contributed by atoms with Crippen LogP contribution in [0.4, 0.5) is 11.5 Å². The number of anilines is 2. The number of fused-ring (bicyclic) bond motifs is 1. The van der Waals surface area contributed by atoms with Crippen LogP contribution in [0.3, 0.4) is 0 Å². The fourth-order valence-corrected chi connectivity index (χ4v) is 5.17. The predicted molar refractivity (Wildman–Crippen MR) is 109 cm³/mol. The van der Waals surface area contributed by atoms with Crippen molar-refractivity contribution in [2.75, 3.05) is 16.4 Å². The Morgan fingerprint density at radius 3 is 2.79 bits per heavy atom. The molecular weight excluding hydrogens is 398 g/mol. The number of pyridine rings is 1. The molecule has 1 aromatic heterocycles. The normalized spacial score (nSPS) is 16.2. The summed E-state index contributed by atoms with van der Waals surface area (Å²) < 4.78 is 25.3. The van der Waals surface area contributed by atoms with Crippen molar-refractivity contribution in [1.29, 1.82) is 0 Å². The second-order valence-corrected chi connectivity index (χ2v) is 9.80. The van der Waals surface area contributed by atoms with E-state index in [4.69, 9.17) is 0 Å². The molecule has 3 rings (SSSR count). The SMILES string of the molecule is CCC1Sc2cc(S(=O)(=O)CCC(=O)Nc3cccc(C)n3)ccc2NC1=O. The average molecular weight is 420 g/mol. The molecule has 0 saturated heterocycles. The van der Waals surface area contributed by atoms with Gasteiger partial charge in [-0.05, 0) is 43.7 Å². The zero-order chi connectivity index (χ0) is 20.3. The Balaban J connectivity index is 1.68. The fraction of sp³-hybridized carbons (Fsp3) is 0.316. The molecule has 148 valence electrons. The molecule has 0 aliphatic carbocycles. The Morgan fingerprint density at radius 2 is 2.07 bits per heavy atom. The van der Waals surface area contributed by atoms with Gasteiger partial charge in [0.1, 0.15) is 5.82 Å². The number of sulfone groups is 1. The maximum absolute atomic E-state index is 12.7. The largest absolute Gasteiger partial charge is 0.324 e. The summed E-state index contributed by atoms with van der Waals surface area (Å²) in [5.41, 5.74) is 1.37. The summed E-state index contributed by atoms with van der Waals surface area (Å²) in [6, 6.07) is 9.84. The molecule has 0 saturated carbocycles. The second kappa shape index (κ2) is 8.32. The van der Waals surface area contributed by atoms with Gasteiger partial charge in [-0.2, -0.15) is 0 Å². The smallest absolute Gasteiger partial charge is 0.237 e. The first-order valence-corrected chi connectivity index (χ1v) is 11.4. The Kier molecular flexibility index (Phi) is 6.04. The highest BCUT2D eigenvalue weighted by atomic mass is 32.2. The van der Waals surface area contributed by atoms with Crippen molar-refractivity contribution in [3.8, 4) is 0 Å². The zero-order valence-corrected chi connectivity index (χ0v) is 17.2. The van der Waals surface area contributed by atoms with Crippen molar-refractivity contribution in [2.45, 2.75) is 41.7 Å². The number of thioether (sulfide) groups is 1. The highest BCUT2D eigenvalue weighted by molar-refractivity contribution is 8.01. The van der Waals surface area contributed by atoms with Gasteiger partial charge >= 0.3 is 0 Å². The van der Waals surface area contributed by atoms with Crippen LogP contribution >= 0.6 is 11.8 Å². The van der Waals surface area contributed by atoms with Crippen LogP contribution in [0.25, 0.3) is 0 Å². The molecule has 1 aromatic carbocycles. The first-order valence-electron chi connectivity index (χ1n) is 8.86. The zero-order valence-electron chi connectivity index (χ0n) is 15.6. The van der Waals surface area contributed by atoms with Crippen molar-refractivity contribution in [3.63, 3.8) is 0 Å². The standard InChI is InChI=1S/C19H21N3O4S2/c1-3-15-19(24)21-14-8-7-13(11-16(14)27-15)28(25,26)10-9-18(23)22-17-6-4-5-12(2)20-17/h4-8,11,15H,3,9-10H2,1-2H3,(H,21,24)(H,20,22,23). The van der Waals surface area contributed by atoms with Gasteiger partial charge < -0.3 is 10.6 Å². The second-order valence-electron chi connectivity index (χ2n) is 6.44. The summed E-state index contributed by atoms with van der Waals surface area (Å²) in [4.78, 5) is 29.0. The number of carbonyl (C=O) groups excluding carboxylic acids is 2. The van der Waals surface area contributed by atoms with Gasteiger partial charge in [0.25, 0.3) is 0 Å². The topological polar surface area (TPSA) is 105 Å². The third-order valence-electron chi connectivity index (χ3n) is 4.26. The van der Waals surface area contributed by atoms with Gasteiger partial charge in [-0.15, -0.1) is 11.8 Å². The van der Waals surface area contributed by atoms with E-state index in [1.807, 2.05) is 6.92 Å². The van der Waals surface area contributed by atoms with E-state index in [1.165, 1.54) is 17.8 Å². The Hall–Kier alpha value is -2.39. The molecule has 2 aromatic rings. The minimum absolute atomic E-state index is 0.0722. The minimum atomic E-state index is -3.63. The Labute approximate surface area is 168 Å². The summed E-state index contributed by atoms with van der Waals surface area (Å²) in [5.74, 6) is -0.393. The summed E-state index contributed by atoms with van der Waals surface area (Å²) in [6.45, 7) is 3.71. The number of hydrogen-bond donors (Lipinski definition) is 2. The molecular formula is C19H21N3O4S2. The van der Waals surface area contributed by atoms with E-state index in [1.54, 1.807) is 37.3 Å². The van der Waals surface area contributed by atoms with Crippen molar-refractivity contribution in [3.05, 3.63) is 42.1 Å². The lowest BCUT2D eigenvalue weighted by atomic mass is 10.2. The summed E-state index contributed by atoms with van der Waals surface area (Å²) >= 11 is 1.36. The van der Waals surface area contributed by atoms with Gasteiger partial charge in [0, 0.05) is 17.0 Å². The molecule has 2 N–H and O–H groups in total. The lowest BCUT2D eigenvalue weighted by Crippen LogP contribution is -2.28. The quantitative estimate of drug-likeness (QED) is 0.746. The molecule has 0 spiro atoms. The Bertz CT molecular complexity index is 1020. The van der Waals surface area contributed by atoms with Crippen LogP contribution in [0.1, 0.15) is 25.5 Å². The number of aryl methyl sites for hydroxylation is 1. The first kappa shape index (κ1) is 20.3. The summed E-state index contributed by atoms with van der Waals surface area (Å²) in [5, 5.41) is 5.17. The van der Waals surface area contributed by atoms with Crippen molar-refractivity contribution < 1.29 is 18.0 Å². The molecule has 0 radical (unpaired) electrons. The van der Waals surface area contributed by atoms with Gasteiger partial charge in [-0.25, -0.2) is 13.4 Å². The van der Waals surface area contributed by atoms with Gasteiger partial charge in [-0.3, -0.25) is 9.59 Å². The third kappa shape index (κ3) is 4.71. The number of rotatable bonds is 6. The van der Waals surface area contributed by atoms with Crippen molar-refractivity contribution in [1.82, 2.24) is 4.98 Å². The van der Waals surface area contributed by atoms with Crippen molar-refractivity contribution >= 4 is 44.9 Å². The van der Waals surface area contributed by atoms with E-state index in [-0.39, 0.29) is 28.2 Å². The summed E-state index contributed by atoms with van der Waals surface area (Å²) in [7, 11) is -3.63. The molecule has 1 aliphatic rings. The monoisotopic (exact) mass is 419 g/mol. The molecule has 7 nitrogen and oxygen atoms in total. The fourth-order valence-electron chi connectivity index (χ4n) is 2.75. The maximum Gasteiger partial charge on any atom is 0.237 e. The van der Waals surface area contributed by atoms with E-state index in [0.717, 1.165) is 10.6 Å². The molecule has 2 amide bonds. The van der Waals surface area contributed by atoms with Crippen LogP contribution in [-0.4, -0.2) is 36.2 Å². The van der Waals surface area contributed by atoms with Crippen LogP contribution in [-0.2, 0) is 19.4 Å². The number of nitrogens with one attached hydrogen (secondary N) is 2. The highest BCUT2D eigenvalue weighted by Crippen LogP contribution is 2.38. The number of amides is 2. The van der Waals surface area contributed by atoms with Gasteiger partial charge in [-0.1, -0.05) is 13.0 Å². The number of nitrogens with zero attached hydrogens (tertiary/aromatic N) is 1.